The van der Waals surface area contributed by atoms with Crippen LogP contribution in [0.1, 0.15) is 26.7 Å². The lowest BCUT2D eigenvalue weighted by Crippen LogP contribution is -2.39. The van der Waals surface area contributed by atoms with Gasteiger partial charge in [0.25, 0.3) is 0 Å². The average molecular weight is 251 g/mol. The summed E-state index contributed by atoms with van der Waals surface area (Å²) in [7, 11) is 0. The zero-order valence-corrected chi connectivity index (χ0v) is 11.2. The van der Waals surface area contributed by atoms with Crippen LogP contribution in [0.3, 0.4) is 0 Å². The van der Waals surface area contributed by atoms with E-state index in [1.165, 1.54) is 6.07 Å². The van der Waals surface area contributed by atoms with E-state index in [4.69, 9.17) is 0 Å². The van der Waals surface area contributed by atoms with Gasteiger partial charge in [-0.25, -0.2) is 9.37 Å². The number of pyridine rings is 1. The van der Waals surface area contributed by atoms with Crippen LogP contribution in [0.4, 0.5) is 10.2 Å². The highest BCUT2D eigenvalue weighted by Gasteiger charge is 2.27. The molecule has 1 aliphatic heterocycles. The summed E-state index contributed by atoms with van der Waals surface area (Å²) < 4.78 is 13.7. The Labute approximate surface area is 108 Å². The second-order valence-electron chi connectivity index (χ2n) is 5.35. The van der Waals surface area contributed by atoms with Gasteiger partial charge in [-0.2, -0.15) is 0 Å². The molecule has 1 N–H and O–H groups in total. The highest BCUT2D eigenvalue weighted by molar-refractivity contribution is 5.42. The van der Waals surface area contributed by atoms with Crippen molar-refractivity contribution >= 4 is 5.82 Å². The zero-order chi connectivity index (χ0) is 13.0. The third kappa shape index (κ3) is 3.19. The van der Waals surface area contributed by atoms with E-state index in [0.29, 0.717) is 17.8 Å². The van der Waals surface area contributed by atoms with Crippen molar-refractivity contribution in [1.29, 1.82) is 0 Å². The molecule has 1 fully saturated rings. The van der Waals surface area contributed by atoms with Gasteiger partial charge in [-0.3, -0.25) is 0 Å². The molecule has 3 nitrogen and oxygen atoms in total. The van der Waals surface area contributed by atoms with Crippen molar-refractivity contribution in [2.45, 2.75) is 32.7 Å². The Morgan fingerprint density at radius 3 is 3.11 bits per heavy atom. The Kier molecular flexibility index (Phi) is 4.53. The lowest BCUT2D eigenvalue weighted by Gasteiger charge is -2.26. The van der Waals surface area contributed by atoms with Gasteiger partial charge in [0.1, 0.15) is 0 Å². The van der Waals surface area contributed by atoms with Crippen LogP contribution in [0, 0.1) is 11.7 Å². The van der Waals surface area contributed by atoms with Gasteiger partial charge in [-0.1, -0.05) is 13.8 Å². The predicted molar refractivity (Wildman–Crippen MR) is 72.3 cm³/mol. The minimum Gasteiger partial charge on any atom is -0.350 e. The molecular formula is C14H22FN3. The van der Waals surface area contributed by atoms with Crippen LogP contribution in [0.25, 0.3) is 0 Å². The van der Waals surface area contributed by atoms with Crippen LogP contribution in [-0.4, -0.2) is 30.7 Å². The van der Waals surface area contributed by atoms with Gasteiger partial charge in [0.2, 0.25) is 0 Å². The lowest BCUT2D eigenvalue weighted by atomic mass is 10.2. The average Bonchev–Trinajstić information content (AvgIpc) is 2.77. The molecule has 100 valence electrons. The fourth-order valence-corrected chi connectivity index (χ4v) is 2.45. The van der Waals surface area contributed by atoms with Crippen molar-refractivity contribution in [3.05, 3.63) is 24.1 Å². The number of aromatic nitrogens is 1. The van der Waals surface area contributed by atoms with E-state index in [1.54, 1.807) is 12.3 Å². The molecule has 2 heterocycles. The Morgan fingerprint density at radius 1 is 1.56 bits per heavy atom. The second kappa shape index (κ2) is 6.14. The molecule has 0 spiro atoms. The normalized spacial score (nSPS) is 19.8. The van der Waals surface area contributed by atoms with Crippen molar-refractivity contribution in [3.8, 4) is 0 Å². The van der Waals surface area contributed by atoms with Gasteiger partial charge >= 0.3 is 0 Å². The first-order valence-electron chi connectivity index (χ1n) is 6.76. The van der Waals surface area contributed by atoms with Crippen molar-refractivity contribution in [1.82, 2.24) is 10.3 Å². The molecule has 0 radical (unpaired) electrons. The minimum atomic E-state index is -0.215. The van der Waals surface area contributed by atoms with Gasteiger partial charge < -0.3 is 10.2 Å². The van der Waals surface area contributed by atoms with Crippen LogP contribution in [0.2, 0.25) is 0 Å². The SMILES string of the molecule is CC(C)CNCC1CCCN1c1ncccc1F. The molecule has 1 unspecified atom stereocenters. The number of halogens is 1. The summed E-state index contributed by atoms with van der Waals surface area (Å²) >= 11 is 0. The van der Waals surface area contributed by atoms with E-state index in [-0.39, 0.29) is 5.82 Å². The number of rotatable bonds is 5. The second-order valence-corrected chi connectivity index (χ2v) is 5.35. The molecule has 0 saturated carbocycles. The first kappa shape index (κ1) is 13.3. The number of anilines is 1. The summed E-state index contributed by atoms with van der Waals surface area (Å²) in [6, 6.07) is 3.49. The van der Waals surface area contributed by atoms with Crippen LogP contribution >= 0.6 is 0 Å². The molecule has 18 heavy (non-hydrogen) atoms. The van der Waals surface area contributed by atoms with Gasteiger partial charge in [0.05, 0.1) is 0 Å². The molecule has 1 saturated heterocycles. The van der Waals surface area contributed by atoms with Crippen LogP contribution in [0.5, 0.6) is 0 Å². The number of nitrogens with one attached hydrogen (secondary N) is 1. The van der Waals surface area contributed by atoms with E-state index in [1.807, 2.05) is 0 Å². The molecule has 1 aliphatic rings. The summed E-state index contributed by atoms with van der Waals surface area (Å²) in [5.74, 6) is 0.936. The van der Waals surface area contributed by atoms with E-state index in [2.05, 4.69) is 29.0 Å². The van der Waals surface area contributed by atoms with E-state index in [0.717, 1.165) is 32.5 Å². The summed E-state index contributed by atoms with van der Waals surface area (Å²) in [5.41, 5.74) is 0. The third-order valence-electron chi connectivity index (χ3n) is 3.32. The standard InChI is InChI=1S/C14H22FN3/c1-11(2)9-16-10-12-5-4-8-18(12)14-13(15)6-3-7-17-14/h3,6-7,11-12,16H,4-5,8-10H2,1-2H3. The number of hydrogen-bond acceptors (Lipinski definition) is 3. The monoisotopic (exact) mass is 251 g/mol. The Morgan fingerprint density at radius 2 is 2.39 bits per heavy atom. The molecular weight excluding hydrogens is 229 g/mol. The summed E-state index contributed by atoms with van der Waals surface area (Å²) in [5, 5.41) is 3.45. The third-order valence-corrected chi connectivity index (χ3v) is 3.32. The van der Waals surface area contributed by atoms with Gasteiger partial charge in [-0.15, -0.1) is 0 Å². The molecule has 1 aromatic heterocycles. The first-order chi connectivity index (χ1) is 8.68. The highest BCUT2D eigenvalue weighted by Crippen LogP contribution is 2.25. The van der Waals surface area contributed by atoms with E-state index >= 15 is 0 Å². The zero-order valence-electron chi connectivity index (χ0n) is 11.2. The Hall–Kier alpha value is -1.16. The fourth-order valence-electron chi connectivity index (χ4n) is 2.45. The van der Waals surface area contributed by atoms with Crippen LogP contribution < -0.4 is 10.2 Å². The molecule has 0 aliphatic carbocycles. The molecule has 4 heteroatoms. The molecule has 0 amide bonds. The van der Waals surface area contributed by atoms with E-state index in [9.17, 15) is 4.39 Å². The van der Waals surface area contributed by atoms with Crippen molar-refractivity contribution < 1.29 is 4.39 Å². The molecule has 2 rings (SSSR count). The molecule has 0 bridgehead atoms. The molecule has 1 atom stereocenters. The summed E-state index contributed by atoms with van der Waals surface area (Å²) in [4.78, 5) is 6.28. The van der Waals surface area contributed by atoms with Gasteiger partial charge in [-0.05, 0) is 37.4 Å². The Balaban J connectivity index is 1.97. The minimum absolute atomic E-state index is 0.215. The predicted octanol–water partition coefficient (Wildman–Crippen LogP) is 2.44. The van der Waals surface area contributed by atoms with Gasteiger partial charge in [0, 0.05) is 25.3 Å². The van der Waals surface area contributed by atoms with Crippen molar-refractivity contribution in [2.75, 3.05) is 24.5 Å². The van der Waals surface area contributed by atoms with Crippen molar-refractivity contribution in [2.24, 2.45) is 5.92 Å². The molecule has 1 aromatic rings. The first-order valence-corrected chi connectivity index (χ1v) is 6.76. The summed E-state index contributed by atoms with van der Waals surface area (Å²) in [6.07, 6.45) is 3.89. The molecule has 0 aromatic carbocycles. The van der Waals surface area contributed by atoms with Crippen LogP contribution in [-0.2, 0) is 0 Å². The maximum Gasteiger partial charge on any atom is 0.165 e. The van der Waals surface area contributed by atoms with Crippen molar-refractivity contribution in [3.63, 3.8) is 0 Å². The largest absolute Gasteiger partial charge is 0.350 e. The van der Waals surface area contributed by atoms with Gasteiger partial charge in [0.15, 0.2) is 11.6 Å². The lowest BCUT2D eigenvalue weighted by molar-refractivity contribution is 0.507. The maximum absolute atomic E-state index is 13.7. The quantitative estimate of drug-likeness (QED) is 0.871. The smallest absolute Gasteiger partial charge is 0.165 e. The maximum atomic E-state index is 13.7. The van der Waals surface area contributed by atoms with Crippen LogP contribution in [0.15, 0.2) is 18.3 Å². The highest BCUT2D eigenvalue weighted by atomic mass is 19.1. The fraction of sp³-hybridized carbons (Fsp3) is 0.643. The topological polar surface area (TPSA) is 28.2 Å². The summed E-state index contributed by atoms with van der Waals surface area (Å²) in [6.45, 7) is 7.21. The number of hydrogen-bond donors (Lipinski definition) is 1. The van der Waals surface area contributed by atoms with E-state index < -0.39 is 0 Å². The Bertz CT molecular complexity index is 381. The number of nitrogens with zero attached hydrogens (tertiary/aromatic N) is 2.